The zero-order valence-corrected chi connectivity index (χ0v) is 11.8. The van der Waals surface area contributed by atoms with Gasteiger partial charge in [-0.15, -0.1) is 11.6 Å². The molecule has 2 aromatic rings. The topological polar surface area (TPSA) is 18.5 Å². The van der Waals surface area contributed by atoms with E-state index in [9.17, 15) is 4.39 Å². The third-order valence-corrected chi connectivity index (χ3v) is 3.85. The lowest BCUT2D eigenvalue weighted by atomic mass is 10.0. The summed E-state index contributed by atoms with van der Waals surface area (Å²) in [6.45, 7) is 2.81. The number of alkyl halides is 1. The second-order valence-corrected chi connectivity index (χ2v) is 5.21. The van der Waals surface area contributed by atoms with E-state index in [4.69, 9.17) is 21.1 Å². The summed E-state index contributed by atoms with van der Waals surface area (Å²) in [6, 6.07) is 10.6. The summed E-state index contributed by atoms with van der Waals surface area (Å²) < 4.78 is 24.6. The summed E-state index contributed by atoms with van der Waals surface area (Å²) in [5.74, 6) is 1.16. The summed E-state index contributed by atoms with van der Waals surface area (Å²) in [5, 5.41) is -0.416. The SMILES string of the molecule is Cc1ccc(C(Cl)c2ccc3c(c2)OCCO3)cc1F. The van der Waals surface area contributed by atoms with E-state index in [0.717, 1.165) is 16.9 Å². The Hall–Kier alpha value is -1.74. The molecule has 4 heteroatoms. The molecule has 0 saturated heterocycles. The van der Waals surface area contributed by atoms with Gasteiger partial charge in [-0.2, -0.15) is 0 Å². The molecule has 0 radical (unpaired) electrons. The van der Waals surface area contributed by atoms with Crippen molar-refractivity contribution in [3.8, 4) is 11.5 Å². The standard InChI is InChI=1S/C16H14ClFO2/c1-10-2-3-11(8-13(10)18)16(17)12-4-5-14-15(9-12)20-7-6-19-14/h2-5,8-9,16H,6-7H2,1H3. The molecule has 0 fully saturated rings. The molecule has 1 atom stereocenters. The van der Waals surface area contributed by atoms with Crippen LogP contribution in [-0.2, 0) is 0 Å². The fourth-order valence-electron chi connectivity index (χ4n) is 2.18. The molecule has 0 N–H and O–H groups in total. The molecule has 1 aliphatic heterocycles. The van der Waals surface area contributed by atoms with E-state index in [0.29, 0.717) is 24.5 Å². The Balaban J connectivity index is 1.93. The monoisotopic (exact) mass is 292 g/mol. The summed E-state index contributed by atoms with van der Waals surface area (Å²) in [4.78, 5) is 0. The van der Waals surface area contributed by atoms with Crippen molar-refractivity contribution in [1.29, 1.82) is 0 Å². The third kappa shape index (κ3) is 2.46. The molecule has 0 aromatic heterocycles. The van der Waals surface area contributed by atoms with Gasteiger partial charge in [0, 0.05) is 0 Å². The van der Waals surface area contributed by atoms with Crippen molar-refractivity contribution in [2.24, 2.45) is 0 Å². The number of ether oxygens (including phenoxy) is 2. The third-order valence-electron chi connectivity index (χ3n) is 3.35. The Bertz CT molecular complexity index is 642. The predicted molar refractivity (Wildman–Crippen MR) is 76.3 cm³/mol. The van der Waals surface area contributed by atoms with Crippen LogP contribution in [0, 0.1) is 12.7 Å². The normalized spacial score (nSPS) is 14.9. The van der Waals surface area contributed by atoms with Gasteiger partial charge in [-0.1, -0.05) is 18.2 Å². The lowest BCUT2D eigenvalue weighted by Crippen LogP contribution is -2.15. The van der Waals surface area contributed by atoms with Crippen molar-refractivity contribution in [3.05, 3.63) is 58.9 Å². The maximum absolute atomic E-state index is 13.6. The Morgan fingerprint density at radius 3 is 2.40 bits per heavy atom. The van der Waals surface area contributed by atoms with Gasteiger partial charge in [0.25, 0.3) is 0 Å². The zero-order valence-electron chi connectivity index (χ0n) is 11.0. The van der Waals surface area contributed by atoms with Gasteiger partial charge in [0.15, 0.2) is 11.5 Å². The van der Waals surface area contributed by atoms with E-state index >= 15 is 0 Å². The van der Waals surface area contributed by atoms with E-state index in [1.54, 1.807) is 13.0 Å². The van der Waals surface area contributed by atoms with Crippen molar-refractivity contribution in [2.45, 2.75) is 12.3 Å². The molecule has 0 amide bonds. The lowest BCUT2D eigenvalue weighted by Gasteiger charge is -2.20. The van der Waals surface area contributed by atoms with Gasteiger partial charge in [-0.05, 0) is 41.8 Å². The van der Waals surface area contributed by atoms with Crippen LogP contribution in [0.2, 0.25) is 0 Å². The highest BCUT2D eigenvalue weighted by molar-refractivity contribution is 6.22. The highest BCUT2D eigenvalue weighted by Gasteiger charge is 2.17. The zero-order chi connectivity index (χ0) is 14.1. The van der Waals surface area contributed by atoms with E-state index in [1.165, 1.54) is 6.07 Å². The van der Waals surface area contributed by atoms with Crippen molar-refractivity contribution in [1.82, 2.24) is 0 Å². The van der Waals surface area contributed by atoms with Crippen molar-refractivity contribution >= 4 is 11.6 Å². The lowest BCUT2D eigenvalue weighted by molar-refractivity contribution is 0.171. The van der Waals surface area contributed by atoms with Crippen LogP contribution in [0.25, 0.3) is 0 Å². The second-order valence-electron chi connectivity index (χ2n) is 4.77. The number of fused-ring (bicyclic) bond motifs is 1. The number of rotatable bonds is 2. The molecule has 1 unspecified atom stereocenters. The van der Waals surface area contributed by atoms with Crippen molar-refractivity contribution < 1.29 is 13.9 Å². The highest BCUT2D eigenvalue weighted by atomic mass is 35.5. The van der Waals surface area contributed by atoms with Crippen LogP contribution in [-0.4, -0.2) is 13.2 Å². The maximum atomic E-state index is 13.6. The molecule has 20 heavy (non-hydrogen) atoms. The summed E-state index contributed by atoms with van der Waals surface area (Å²) in [6.07, 6.45) is 0. The second kappa shape index (κ2) is 5.33. The molecule has 0 spiro atoms. The molecule has 2 nitrogen and oxygen atoms in total. The van der Waals surface area contributed by atoms with Crippen LogP contribution in [0.4, 0.5) is 4.39 Å². The molecular formula is C16H14ClFO2. The van der Waals surface area contributed by atoms with Gasteiger partial charge in [0.05, 0.1) is 5.38 Å². The number of hydrogen-bond acceptors (Lipinski definition) is 2. The van der Waals surface area contributed by atoms with Crippen molar-refractivity contribution in [2.75, 3.05) is 13.2 Å². The molecule has 3 rings (SSSR count). The minimum atomic E-state index is -0.416. The first kappa shape index (κ1) is 13.3. The molecule has 1 aliphatic rings. The molecule has 0 bridgehead atoms. The van der Waals surface area contributed by atoms with Crippen molar-refractivity contribution in [3.63, 3.8) is 0 Å². The number of benzene rings is 2. The highest BCUT2D eigenvalue weighted by Crippen LogP contribution is 2.37. The van der Waals surface area contributed by atoms with Gasteiger partial charge in [-0.25, -0.2) is 4.39 Å². The van der Waals surface area contributed by atoms with E-state index in [1.807, 2.05) is 24.3 Å². The first-order valence-electron chi connectivity index (χ1n) is 6.45. The first-order valence-corrected chi connectivity index (χ1v) is 6.88. The van der Waals surface area contributed by atoms with E-state index in [-0.39, 0.29) is 5.82 Å². The van der Waals surface area contributed by atoms with E-state index in [2.05, 4.69) is 0 Å². The number of hydrogen-bond donors (Lipinski definition) is 0. The summed E-state index contributed by atoms with van der Waals surface area (Å²) in [7, 11) is 0. The Labute approximate surface area is 122 Å². The summed E-state index contributed by atoms with van der Waals surface area (Å²) >= 11 is 6.44. The van der Waals surface area contributed by atoms with Gasteiger partial charge < -0.3 is 9.47 Å². The van der Waals surface area contributed by atoms with Gasteiger partial charge in [0.1, 0.15) is 19.0 Å². The summed E-state index contributed by atoms with van der Waals surface area (Å²) in [5.41, 5.74) is 2.20. The molecule has 0 saturated carbocycles. The quantitative estimate of drug-likeness (QED) is 0.771. The molecular weight excluding hydrogens is 279 g/mol. The average Bonchev–Trinajstić information content (AvgIpc) is 2.49. The van der Waals surface area contributed by atoms with Crippen LogP contribution in [0.1, 0.15) is 22.1 Å². The first-order chi connectivity index (χ1) is 9.65. The fourth-order valence-corrected chi connectivity index (χ4v) is 2.45. The van der Waals surface area contributed by atoms with Gasteiger partial charge >= 0.3 is 0 Å². The van der Waals surface area contributed by atoms with Gasteiger partial charge in [0.2, 0.25) is 0 Å². The van der Waals surface area contributed by atoms with Crippen LogP contribution in [0.3, 0.4) is 0 Å². The van der Waals surface area contributed by atoms with E-state index < -0.39 is 5.38 Å². The number of aryl methyl sites for hydroxylation is 1. The van der Waals surface area contributed by atoms with Crippen LogP contribution in [0.15, 0.2) is 36.4 Å². The fraction of sp³-hybridized carbons (Fsp3) is 0.250. The minimum absolute atomic E-state index is 0.245. The van der Waals surface area contributed by atoms with Gasteiger partial charge in [-0.3, -0.25) is 0 Å². The maximum Gasteiger partial charge on any atom is 0.161 e. The largest absolute Gasteiger partial charge is 0.486 e. The van der Waals surface area contributed by atoms with Crippen LogP contribution in [0.5, 0.6) is 11.5 Å². The van der Waals surface area contributed by atoms with Crippen LogP contribution < -0.4 is 9.47 Å². The average molecular weight is 293 g/mol. The molecule has 2 aromatic carbocycles. The number of halogens is 2. The molecule has 1 heterocycles. The molecule has 104 valence electrons. The Morgan fingerprint density at radius 1 is 1.00 bits per heavy atom. The smallest absolute Gasteiger partial charge is 0.161 e. The molecule has 0 aliphatic carbocycles. The van der Waals surface area contributed by atoms with Crippen LogP contribution >= 0.6 is 11.6 Å². The Kier molecular flexibility index (Phi) is 3.53. The predicted octanol–water partition coefficient (Wildman–Crippen LogP) is 4.23. The minimum Gasteiger partial charge on any atom is -0.486 e. The Morgan fingerprint density at radius 2 is 1.65 bits per heavy atom.